The molecule has 0 spiro atoms. The van der Waals surface area contributed by atoms with E-state index in [-0.39, 0.29) is 0 Å². The first-order valence-electron chi connectivity index (χ1n) is 7.73. The summed E-state index contributed by atoms with van der Waals surface area (Å²) in [6, 6.07) is 13.3. The Morgan fingerprint density at radius 3 is 2.45 bits per heavy atom. The first kappa shape index (κ1) is 12.1. The molecule has 1 aromatic carbocycles. The quantitative estimate of drug-likeness (QED) is 0.765. The van der Waals surface area contributed by atoms with Gasteiger partial charge in [0.25, 0.3) is 0 Å². The number of rotatable bonds is 3. The summed E-state index contributed by atoms with van der Waals surface area (Å²) < 4.78 is 0. The van der Waals surface area contributed by atoms with Gasteiger partial charge in [0.1, 0.15) is 0 Å². The van der Waals surface area contributed by atoms with Crippen molar-refractivity contribution in [3.05, 3.63) is 53.7 Å². The van der Waals surface area contributed by atoms with Crippen LogP contribution in [0.15, 0.2) is 42.6 Å². The summed E-state index contributed by atoms with van der Waals surface area (Å²) in [5.74, 6) is 1.59. The molecule has 3 aliphatic carbocycles. The third-order valence-electron chi connectivity index (χ3n) is 5.26. The molecule has 0 unspecified atom stereocenters. The monoisotopic (exact) mass is 263 g/mol. The highest BCUT2D eigenvalue weighted by Crippen LogP contribution is 2.64. The minimum absolute atomic E-state index is 0.524. The third-order valence-corrected chi connectivity index (χ3v) is 5.26. The van der Waals surface area contributed by atoms with Crippen LogP contribution in [0, 0.1) is 5.92 Å². The van der Waals surface area contributed by atoms with Crippen molar-refractivity contribution >= 4 is 0 Å². The van der Waals surface area contributed by atoms with Crippen molar-refractivity contribution in [3.63, 3.8) is 0 Å². The van der Waals surface area contributed by atoms with Gasteiger partial charge in [-0.15, -0.1) is 0 Å². The van der Waals surface area contributed by atoms with E-state index in [4.69, 9.17) is 4.98 Å². The number of aromatic nitrogens is 1. The average molecular weight is 263 g/mol. The average Bonchev–Trinajstić information content (AvgIpc) is 2.36. The van der Waals surface area contributed by atoms with Crippen LogP contribution in [0.25, 0.3) is 11.3 Å². The zero-order valence-corrected chi connectivity index (χ0v) is 12.3. The molecule has 5 rings (SSSR count). The lowest BCUT2D eigenvalue weighted by Crippen LogP contribution is -2.55. The van der Waals surface area contributed by atoms with Crippen molar-refractivity contribution in [2.45, 2.75) is 44.4 Å². The van der Waals surface area contributed by atoms with E-state index >= 15 is 0 Å². The van der Waals surface area contributed by atoms with Crippen molar-refractivity contribution in [2.75, 3.05) is 0 Å². The van der Waals surface area contributed by atoms with E-state index in [0.717, 1.165) is 11.6 Å². The number of benzene rings is 1. The van der Waals surface area contributed by atoms with Crippen molar-refractivity contribution in [1.29, 1.82) is 0 Å². The molecule has 0 N–H and O–H groups in total. The maximum Gasteiger partial charge on any atom is 0.0702 e. The Labute approximate surface area is 121 Å². The zero-order valence-electron chi connectivity index (χ0n) is 12.3. The minimum atomic E-state index is 0.524. The minimum Gasteiger partial charge on any atom is -0.256 e. The van der Waals surface area contributed by atoms with Crippen LogP contribution in [0.4, 0.5) is 0 Å². The third kappa shape index (κ3) is 1.72. The van der Waals surface area contributed by atoms with Gasteiger partial charge >= 0.3 is 0 Å². The Kier molecular flexibility index (Phi) is 2.54. The summed E-state index contributed by atoms with van der Waals surface area (Å²) in [6.07, 6.45) is 6.32. The summed E-state index contributed by atoms with van der Waals surface area (Å²) >= 11 is 0. The summed E-state index contributed by atoms with van der Waals surface area (Å²) in [5.41, 5.74) is 5.70. The number of hydrogen-bond acceptors (Lipinski definition) is 1. The maximum atomic E-state index is 4.72. The largest absolute Gasteiger partial charge is 0.256 e. The van der Waals surface area contributed by atoms with Crippen LogP contribution in [-0.2, 0) is 5.41 Å². The predicted molar refractivity (Wildman–Crippen MR) is 82.8 cm³/mol. The van der Waals surface area contributed by atoms with Gasteiger partial charge in [-0.2, -0.15) is 0 Å². The van der Waals surface area contributed by atoms with Crippen LogP contribution < -0.4 is 0 Å². The molecule has 0 amide bonds. The van der Waals surface area contributed by atoms with Crippen molar-refractivity contribution in [1.82, 2.24) is 4.98 Å². The molecule has 1 heteroatoms. The highest BCUT2D eigenvalue weighted by Gasteiger charge is 2.57. The van der Waals surface area contributed by atoms with E-state index in [1.807, 2.05) is 0 Å². The van der Waals surface area contributed by atoms with Gasteiger partial charge in [0, 0.05) is 11.8 Å². The van der Waals surface area contributed by atoms with E-state index in [0.29, 0.717) is 11.3 Å². The van der Waals surface area contributed by atoms with Crippen LogP contribution in [0.1, 0.15) is 50.2 Å². The maximum absolute atomic E-state index is 4.72. The fraction of sp³-hybridized carbons (Fsp3) is 0.421. The number of pyridine rings is 1. The van der Waals surface area contributed by atoms with Gasteiger partial charge in [-0.05, 0) is 59.8 Å². The van der Waals surface area contributed by atoms with Crippen LogP contribution in [0.3, 0.4) is 0 Å². The highest BCUT2D eigenvalue weighted by atomic mass is 14.7. The smallest absolute Gasteiger partial charge is 0.0702 e. The molecule has 1 heterocycles. The Bertz CT molecular complexity index is 622. The first-order valence-corrected chi connectivity index (χ1v) is 7.73. The van der Waals surface area contributed by atoms with Crippen LogP contribution in [0.5, 0.6) is 0 Å². The number of hydrogen-bond donors (Lipinski definition) is 0. The summed E-state index contributed by atoms with van der Waals surface area (Å²) in [6.45, 7) is 4.47. The second kappa shape index (κ2) is 4.18. The topological polar surface area (TPSA) is 12.9 Å². The molecule has 2 bridgehead atoms. The van der Waals surface area contributed by atoms with Crippen molar-refractivity contribution < 1.29 is 0 Å². The Morgan fingerprint density at radius 2 is 1.90 bits per heavy atom. The lowest BCUT2D eigenvalue weighted by molar-refractivity contribution is -0.0276. The van der Waals surface area contributed by atoms with Gasteiger partial charge < -0.3 is 0 Å². The Morgan fingerprint density at radius 1 is 1.10 bits per heavy atom. The molecule has 1 aromatic heterocycles. The first-order chi connectivity index (χ1) is 9.66. The molecule has 2 aromatic rings. The zero-order chi connectivity index (χ0) is 13.7. The second-order valence-electron chi connectivity index (χ2n) is 6.97. The van der Waals surface area contributed by atoms with Gasteiger partial charge in [-0.3, -0.25) is 4.98 Å². The lowest BCUT2D eigenvalue weighted by Gasteiger charge is -2.62. The molecule has 0 aliphatic heterocycles. The van der Waals surface area contributed by atoms with E-state index in [1.165, 1.54) is 36.0 Å². The molecule has 102 valence electrons. The van der Waals surface area contributed by atoms with Crippen LogP contribution in [-0.4, -0.2) is 4.98 Å². The summed E-state index contributed by atoms with van der Waals surface area (Å²) in [4.78, 5) is 4.72. The highest BCUT2D eigenvalue weighted by molar-refractivity contribution is 5.60. The van der Waals surface area contributed by atoms with E-state index in [1.54, 1.807) is 0 Å². The fourth-order valence-electron chi connectivity index (χ4n) is 3.77. The Hall–Kier alpha value is -1.63. The molecular formula is C19H21N. The normalized spacial score (nSPS) is 27.1. The Balaban J connectivity index is 1.63. The van der Waals surface area contributed by atoms with E-state index in [2.05, 4.69) is 56.4 Å². The fourth-order valence-corrected chi connectivity index (χ4v) is 3.77. The van der Waals surface area contributed by atoms with Crippen molar-refractivity contribution in [3.8, 4) is 11.3 Å². The van der Waals surface area contributed by atoms with Gasteiger partial charge in [0.2, 0.25) is 0 Å². The summed E-state index contributed by atoms with van der Waals surface area (Å²) in [5, 5.41) is 0. The van der Waals surface area contributed by atoms with E-state index in [9.17, 15) is 0 Å². The SMILES string of the molecule is CC(C)c1cccc(-c2ccc(C34CC(C3)C4)cn2)c1. The van der Waals surface area contributed by atoms with Crippen molar-refractivity contribution in [2.24, 2.45) is 5.92 Å². The van der Waals surface area contributed by atoms with Gasteiger partial charge in [-0.1, -0.05) is 38.1 Å². The van der Waals surface area contributed by atoms with Gasteiger partial charge in [-0.25, -0.2) is 0 Å². The molecule has 0 radical (unpaired) electrons. The van der Waals surface area contributed by atoms with E-state index < -0.39 is 0 Å². The molecule has 3 aliphatic rings. The van der Waals surface area contributed by atoms with Gasteiger partial charge in [0.05, 0.1) is 5.69 Å². The van der Waals surface area contributed by atoms with Crippen LogP contribution in [0.2, 0.25) is 0 Å². The molecule has 3 saturated carbocycles. The molecule has 0 atom stereocenters. The molecular weight excluding hydrogens is 242 g/mol. The molecule has 0 saturated heterocycles. The van der Waals surface area contributed by atoms with Crippen LogP contribution >= 0.6 is 0 Å². The summed E-state index contributed by atoms with van der Waals surface area (Å²) in [7, 11) is 0. The molecule has 1 nitrogen and oxygen atoms in total. The predicted octanol–water partition coefficient (Wildman–Crippen LogP) is 4.92. The molecule has 20 heavy (non-hydrogen) atoms. The molecule has 3 fully saturated rings. The standard InChI is InChI=1S/C19H21N/c1-13(2)15-4-3-5-16(8-15)18-7-6-17(12-20-18)19-9-14(10-19)11-19/h3-8,12-14H,9-11H2,1-2H3. The van der Waals surface area contributed by atoms with Gasteiger partial charge in [0.15, 0.2) is 0 Å². The number of nitrogens with zero attached hydrogens (tertiary/aromatic N) is 1. The second-order valence-corrected chi connectivity index (χ2v) is 6.97. The lowest BCUT2D eigenvalue weighted by atomic mass is 9.42.